The molecule has 1 aromatic carbocycles. The summed E-state index contributed by atoms with van der Waals surface area (Å²) in [6.45, 7) is 8.38. The molecule has 1 atom stereocenters. The number of benzene rings is 1. The first-order chi connectivity index (χ1) is 8.58. The van der Waals surface area contributed by atoms with Crippen molar-refractivity contribution in [3.63, 3.8) is 0 Å². The molecule has 0 bridgehead atoms. The van der Waals surface area contributed by atoms with Gasteiger partial charge in [-0.15, -0.1) is 0 Å². The fourth-order valence-electron chi connectivity index (χ4n) is 2.72. The van der Waals surface area contributed by atoms with Crippen molar-refractivity contribution >= 4 is 10.9 Å². The highest BCUT2D eigenvalue weighted by molar-refractivity contribution is 5.83. The Morgan fingerprint density at radius 2 is 1.89 bits per heavy atom. The molecule has 18 heavy (non-hydrogen) atoms. The van der Waals surface area contributed by atoms with Gasteiger partial charge in [-0.25, -0.2) is 0 Å². The molecule has 3 nitrogen and oxygen atoms in total. The van der Waals surface area contributed by atoms with Crippen LogP contribution in [0.15, 0.2) is 30.5 Å². The molecule has 0 saturated heterocycles. The lowest BCUT2D eigenvalue weighted by Gasteiger charge is -2.37. The molecule has 0 amide bonds. The summed E-state index contributed by atoms with van der Waals surface area (Å²) < 4.78 is 0. The average molecular weight is 245 g/mol. The van der Waals surface area contributed by atoms with E-state index >= 15 is 0 Å². The molecule has 98 valence electrons. The summed E-state index contributed by atoms with van der Waals surface area (Å²) in [4.78, 5) is 5.61. The molecule has 0 saturated carbocycles. The highest BCUT2D eigenvalue weighted by atomic mass is 15.3. The van der Waals surface area contributed by atoms with Crippen LogP contribution in [-0.2, 0) is 6.42 Å². The van der Waals surface area contributed by atoms with Crippen LogP contribution < -0.4 is 5.73 Å². The minimum Gasteiger partial charge on any atom is -0.361 e. The first kappa shape index (κ1) is 13.1. The lowest BCUT2D eigenvalue weighted by molar-refractivity contribution is 0.123. The van der Waals surface area contributed by atoms with Crippen LogP contribution in [0.25, 0.3) is 10.9 Å². The van der Waals surface area contributed by atoms with Gasteiger partial charge in [0.1, 0.15) is 0 Å². The molecular formula is C15H23N3. The third-order valence-electron chi connectivity index (χ3n) is 3.71. The van der Waals surface area contributed by atoms with Gasteiger partial charge >= 0.3 is 0 Å². The summed E-state index contributed by atoms with van der Waals surface area (Å²) in [5.74, 6) is 0. The second-order valence-corrected chi connectivity index (χ2v) is 5.07. The Morgan fingerprint density at radius 3 is 2.56 bits per heavy atom. The van der Waals surface area contributed by atoms with Gasteiger partial charge in [-0.3, -0.25) is 4.90 Å². The number of nitrogens with zero attached hydrogens (tertiary/aromatic N) is 1. The number of aromatic amines is 1. The molecule has 1 unspecified atom stereocenters. The largest absolute Gasteiger partial charge is 0.361 e. The summed E-state index contributed by atoms with van der Waals surface area (Å²) >= 11 is 0. The summed E-state index contributed by atoms with van der Waals surface area (Å²) in [7, 11) is 0. The van der Waals surface area contributed by atoms with Gasteiger partial charge in [0.05, 0.1) is 5.66 Å². The number of rotatable bonds is 5. The van der Waals surface area contributed by atoms with E-state index in [1.165, 1.54) is 16.5 Å². The van der Waals surface area contributed by atoms with Crippen molar-refractivity contribution in [2.75, 3.05) is 13.1 Å². The normalized spacial score (nSPS) is 15.2. The molecule has 1 heterocycles. The van der Waals surface area contributed by atoms with Gasteiger partial charge in [0, 0.05) is 23.5 Å². The zero-order chi connectivity index (χ0) is 13.2. The SMILES string of the molecule is CCN(CC)C(C)(N)Cc1c[nH]c2ccccc12. The molecule has 0 aliphatic rings. The first-order valence-corrected chi connectivity index (χ1v) is 6.67. The van der Waals surface area contributed by atoms with Crippen molar-refractivity contribution in [2.45, 2.75) is 32.9 Å². The summed E-state index contributed by atoms with van der Waals surface area (Å²) in [6.07, 6.45) is 2.94. The molecule has 3 N–H and O–H groups in total. The Morgan fingerprint density at radius 1 is 1.22 bits per heavy atom. The molecule has 1 aromatic heterocycles. The number of nitrogens with one attached hydrogen (secondary N) is 1. The zero-order valence-electron chi connectivity index (χ0n) is 11.5. The fourth-order valence-corrected chi connectivity index (χ4v) is 2.72. The van der Waals surface area contributed by atoms with E-state index in [0.29, 0.717) is 0 Å². The monoisotopic (exact) mass is 245 g/mol. The molecule has 2 rings (SSSR count). The van der Waals surface area contributed by atoms with E-state index in [-0.39, 0.29) is 5.66 Å². The third-order valence-corrected chi connectivity index (χ3v) is 3.71. The number of H-pyrrole nitrogens is 1. The molecule has 0 radical (unpaired) electrons. The second kappa shape index (κ2) is 5.12. The molecular weight excluding hydrogens is 222 g/mol. The maximum atomic E-state index is 6.48. The third kappa shape index (κ3) is 2.42. The maximum absolute atomic E-state index is 6.48. The standard InChI is InChI=1S/C15H23N3/c1-4-18(5-2)15(3,16)10-12-11-17-14-9-7-6-8-13(12)14/h6-9,11,17H,4-5,10,16H2,1-3H3. The van der Waals surface area contributed by atoms with E-state index in [1.807, 2.05) is 0 Å². The van der Waals surface area contributed by atoms with Crippen LogP contribution >= 0.6 is 0 Å². The van der Waals surface area contributed by atoms with E-state index in [9.17, 15) is 0 Å². The smallest absolute Gasteiger partial charge is 0.0700 e. The molecule has 0 spiro atoms. The van der Waals surface area contributed by atoms with Crippen LogP contribution in [0.4, 0.5) is 0 Å². The van der Waals surface area contributed by atoms with Crippen LogP contribution in [-0.4, -0.2) is 28.6 Å². The minimum atomic E-state index is -0.297. The van der Waals surface area contributed by atoms with Crippen molar-refractivity contribution in [1.82, 2.24) is 9.88 Å². The van der Waals surface area contributed by atoms with E-state index in [0.717, 1.165) is 19.5 Å². The molecule has 0 aliphatic carbocycles. The lowest BCUT2D eigenvalue weighted by Crippen LogP contribution is -2.55. The summed E-state index contributed by atoms with van der Waals surface area (Å²) in [5, 5.41) is 1.28. The van der Waals surface area contributed by atoms with E-state index in [2.05, 4.69) is 61.1 Å². The molecule has 3 heteroatoms. The molecule has 0 aliphatic heterocycles. The van der Waals surface area contributed by atoms with Gasteiger partial charge in [0.15, 0.2) is 0 Å². The highest BCUT2D eigenvalue weighted by Crippen LogP contribution is 2.23. The number of nitrogens with two attached hydrogens (primary N) is 1. The zero-order valence-corrected chi connectivity index (χ0v) is 11.5. The number of likely N-dealkylation sites (N-methyl/N-ethyl adjacent to an activating group) is 1. The van der Waals surface area contributed by atoms with Crippen molar-refractivity contribution in [2.24, 2.45) is 5.73 Å². The molecule has 2 aromatic rings. The van der Waals surface area contributed by atoms with Crippen LogP contribution in [0.5, 0.6) is 0 Å². The Hall–Kier alpha value is -1.32. The van der Waals surface area contributed by atoms with E-state index < -0.39 is 0 Å². The average Bonchev–Trinajstić information content (AvgIpc) is 2.73. The van der Waals surface area contributed by atoms with Gasteiger partial charge < -0.3 is 10.7 Å². The number of aromatic nitrogens is 1. The van der Waals surface area contributed by atoms with E-state index in [4.69, 9.17) is 5.73 Å². The number of para-hydroxylation sites is 1. The van der Waals surface area contributed by atoms with Crippen molar-refractivity contribution in [3.8, 4) is 0 Å². The maximum Gasteiger partial charge on any atom is 0.0700 e. The fraction of sp³-hybridized carbons (Fsp3) is 0.467. The predicted molar refractivity (Wildman–Crippen MR) is 77.5 cm³/mol. The highest BCUT2D eigenvalue weighted by Gasteiger charge is 2.26. The van der Waals surface area contributed by atoms with Crippen LogP contribution in [0.2, 0.25) is 0 Å². The van der Waals surface area contributed by atoms with Gasteiger partial charge in [-0.05, 0) is 31.6 Å². The van der Waals surface area contributed by atoms with Crippen molar-refractivity contribution in [1.29, 1.82) is 0 Å². The van der Waals surface area contributed by atoms with Gasteiger partial charge in [0.25, 0.3) is 0 Å². The van der Waals surface area contributed by atoms with Crippen molar-refractivity contribution < 1.29 is 0 Å². The van der Waals surface area contributed by atoms with Crippen molar-refractivity contribution in [3.05, 3.63) is 36.0 Å². The Kier molecular flexibility index (Phi) is 3.73. The predicted octanol–water partition coefficient (Wildman–Crippen LogP) is 2.73. The topological polar surface area (TPSA) is 45.0 Å². The Labute approximate surface area is 109 Å². The Bertz CT molecular complexity index is 509. The van der Waals surface area contributed by atoms with E-state index in [1.54, 1.807) is 0 Å². The van der Waals surface area contributed by atoms with Gasteiger partial charge in [-0.1, -0.05) is 32.0 Å². The van der Waals surface area contributed by atoms with Gasteiger partial charge in [-0.2, -0.15) is 0 Å². The lowest BCUT2D eigenvalue weighted by atomic mass is 10.00. The number of hydrogen-bond acceptors (Lipinski definition) is 2. The number of fused-ring (bicyclic) bond motifs is 1. The van der Waals surface area contributed by atoms with Gasteiger partial charge in [0.2, 0.25) is 0 Å². The second-order valence-electron chi connectivity index (χ2n) is 5.07. The quantitative estimate of drug-likeness (QED) is 0.796. The molecule has 0 fully saturated rings. The minimum absolute atomic E-state index is 0.297. The van der Waals surface area contributed by atoms with Crippen LogP contribution in [0.3, 0.4) is 0 Å². The van der Waals surface area contributed by atoms with Crippen LogP contribution in [0.1, 0.15) is 26.3 Å². The summed E-state index contributed by atoms with van der Waals surface area (Å²) in [5.41, 5.74) is 8.66. The Balaban J connectivity index is 2.28. The summed E-state index contributed by atoms with van der Waals surface area (Å²) in [6, 6.07) is 8.38. The first-order valence-electron chi connectivity index (χ1n) is 6.67. The van der Waals surface area contributed by atoms with Crippen LogP contribution in [0, 0.1) is 0 Å². The number of hydrogen-bond donors (Lipinski definition) is 2.